The van der Waals surface area contributed by atoms with Crippen molar-refractivity contribution in [1.82, 2.24) is 19.9 Å². The quantitative estimate of drug-likeness (QED) is 0.307. The summed E-state index contributed by atoms with van der Waals surface area (Å²) in [4.78, 5) is 31.2. The Morgan fingerprint density at radius 2 is 1.92 bits per heavy atom. The van der Waals surface area contributed by atoms with Gasteiger partial charge in [-0.15, -0.1) is 0 Å². The van der Waals surface area contributed by atoms with E-state index >= 15 is 0 Å². The van der Waals surface area contributed by atoms with E-state index in [0.29, 0.717) is 25.2 Å². The van der Waals surface area contributed by atoms with E-state index in [1.54, 1.807) is 18.0 Å². The van der Waals surface area contributed by atoms with Gasteiger partial charge in [0.15, 0.2) is 0 Å². The maximum absolute atomic E-state index is 12.9. The highest BCUT2D eigenvalue weighted by molar-refractivity contribution is 7.89. The number of hydrogen-bond donors (Lipinski definition) is 3. The maximum Gasteiger partial charge on any atom is 0.410 e. The van der Waals surface area contributed by atoms with Crippen LogP contribution in [0.25, 0.3) is 0 Å². The second-order valence-electron chi connectivity index (χ2n) is 9.19. The van der Waals surface area contributed by atoms with Gasteiger partial charge in [0.1, 0.15) is 19.0 Å². The highest BCUT2D eigenvalue weighted by Crippen LogP contribution is 2.22. The number of carbonyl (C=O) groups is 2. The van der Waals surface area contributed by atoms with Crippen molar-refractivity contribution >= 4 is 27.8 Å². The molecule has 1 aliphatic rings. The summed E-state index contributed by atoms with van der Waals surface area (Å²) in [7, 11) is -3.47. The van der Waals surface area contributed by atoms with Gasteiger partial charge in [0.2, 0.25) is 15.9 Å². The molecule has 3 N–H and O–H groups in total. The van der Waals surface area contributed by atoms with Crippen molar-refractivity contribution in [3.05, 3.63) is 60.3 Å². The van der Waals surface area contributed by atoms with Gasteiger partial charge >= 0.3 is 6.09 Å². The largest absolute Gasteiger partial charge is 0.445 e. The van der Waals surface area contributed by atoms with Crippen LogP contribution < -0.4 is 15.4 Å². The number of anilines is 1. The summed E-state index contributed by atoms with van der Waals surface area (Å²) < 4.78 is 37.9. The lowest BCUT2D eigenvalue weighted by Gasteiger charge is -2.24. The van der Waals surface area contributed by atoms with Crippen molar-refractivity contribution in [1.29, 1.82) is 0 Å². The summed E-state index contributed by atoms with van der Waals surface area (Å²) in [6.07, 6.45) is 1.85. The van der Waals surface area contributed by atoms with Gasteiger partial charge in [-0.2, -0.15) is 4.72 Å². The molecule has 2 aromatic rings. The first-order chi connectivity index (χ1) is 18.3. The van der Waals surface area contributed by atoms with Crippen molar-refractivity contribution in [2.24, 2.45) is 0 Å². The number of hydrogen-bond acceptors (Lipinski definition) is 8. The molecule has 11 nitrogen and oxygen atoms in total. The molecule has 2 amide bonds. The lowest BCUT2D eigenvalue weighted by molar-refractivity contribution is -0.128. The van der Waals surface area contributed by atoms with E-state index in [0.717, 1.165) is 12.0 Å². The van der Waals surface area contributed by atoms with E-state index in [9.17, 15) is 18.0 Å². The van der Waals surface area contributed by atoms with E-state index in [4.69, 9.17) is 9.47 Å². The molecule has 0 spiro atoms. The minimum atomic E-state index is -3.47. The van der Waals surface area contributed by atoms with E-state index in [1.165, 1.54) is 0 Å². The lowest BCUT2D eigenvalue weighted by atomic mass is 10.2. The first kappa shape index (κ1) is 29.3. The number of benzene rings is 1. The zero-order valence-electron chi connectivity index (χ0n) is 21.8. The zero-order chi connectivity index (χ0) is 27.4. The first-order valence-corrected chi connectivity index (χ1v) is 14.4. The number of amides is 2. The van der Waals surface area contributed by atoms with Gasteiger partial charge in [0, 0.05) is 12.7 Å². The molecule has 1 aromatic carbocycles. The molecule has 3 rings (SSSR count). The predicted octanol–water partition coefficient (Wildman–Crippen LogP) is 2.47. The number of sulfonamides is 1. The van der Waals surface area contributed by atoms with E-state index in [1.807, 2.05) is 55.5 Å². The number of aromatic nitrogens is 1. The van der Waals surface area contributed by atoms with E-state index < -0.39 is 34.3 Å². The summed E-state index contributed by atoms with van der Waals surface area (Å²) in [6.45, 7) is 4.04. The molecule has 0 bridgehead atoms. The number of carbonyl (C=O) groups excluding carboxylic acids is 2. The van der Waals surface area contributed by atoms with Gasteiger partial charge in [0.05, 0.1) is 30.6 Å². The molecule has 0 saturated carbocycles. The summed E-state index contributed by atoms with van der Waals surface area (Å²) in [6, 6.07) is 14.7. The molecule has 2 heterocycles. The van der Waals surface area contributed by atoms with Gasteiger partial charge in [-0.25, -0.2) is 18.2 Å². The summed E-state index contributed by atoms with van der Waals surface area (Å²) >= 11 is 0. The van der Waals surface area contributed by atoms with Crippen LogP contribution in [-0.4, -0.2) is 74.1 Å². The third-order valence-electron chi connectivity index (χ3n) is 5.95. The molecular formula is C26H37N5O6S. The molecule has 0 radical (unpaired) electrons. The smallest absolute Gasteiger partial charge is 0.410 e. The van der Waals surface area contributed by atoms with Gasteiger partial charge < -0.3 is 25.0 Å². The molecule has 12 heteroatoms. The molecule has 1 aromatic heterocycles. The summed E-state index contributed by atoms with van der Waals surface area (Å²) in [5.74, 6) is 0.236. The Balaban J connectivity index is 1.52. The second-order valence-corrected chi connectivity index (χ2v) is 11.1. The van der Waals surface area contributed by atoms with Crippen LogP contribution in [0.1, 0.15) is 38.7 Å². The SMILES string of the molecule is CCCCS(=O)(=O)NC(C)NC(=O)COC1CC(CNc2ccccn2)N(C(=O)OCc2ccccc2)C1. The van der Waals surface area contributed by atoms with Crippen molar-refractivity contribution < 1.29 is 27.5 Å². The van der Waals surface area contributed by atoms with Gasteiger partial charge in [-0.3, -0.25) is 4.79 Å². The highest BCUT2D eigenvalue weighted by Gasteiger charge is 2.37. The Kier molecular flexibility index (Phi) is 11.3. The molecule has 0 aliphatic carbocycles. The van der Waals surface area contributed by atoms with Crippen LogP contribution in [0, 0.1) is 0 Å². The number of likely N-dealkylation sites (tertiary alicyclic amines) is 1. The molecule has 208 valence electrons. The topological polar surface area (TPSA) is 139 Å². The van der Waals surface area contributed by atoms with Crippen LogP contribution in [-0.2, 0) is 30.9 Å². The van der Waals surface area contributed by atoms with Crippen LogP contribution >= 0.6 is 0 Å². The number of nitrogens with one attached hydrogen (secondary N) is 3. The van der Waals surface area contributed by atoms with Crippen molar-refractivity contribution in [2.75, 3.05) is 30.8 Å². The highest BCUT2D eigenvalue weighted by atomic mass is 32.2. The molecule has 3 unspecified atom stereocenters. The summed E-state index contributed by atoms with van der Waals surface area (Å²) in [5.41, 5.74) is 0.882. The third kappa shape index (κ3) is 9.92. The number of pyridine rings is 1. The van der Waals surface area contributed by atoms with Crippen molar-refractivity contribution in [3.8, 4) is 0 Å². The first-order valence-electron chi connectivity index (χ1n) is 12.8. The van der Waals surface area contributed by atoms with Gasteiger partial charge in [-0.05, 0) is 37.5 Å². The monoisotopic (exact) mass is 547 g/mol. The molecule has 1 fully saturated rings. The number of unbranched alkanes of at least 4 members (excludes halogenated alkanes) is 1. The Morgan fingerprint density at radius 1 is 1.16 bits per heavy atom. The Morgan fingerprint density at radius 3 is 2.63 bits per heavy atom. The Hall–Kier alpha value is -3.22. The Labute approximate surface area is 224 Å². The number of rotatable bonds is 14. The molecule has 38 heavy (non-hydrogen) atoms. The molecule has 3 atom stereocenters. The summed E-state index contributed by atoms with van der Waals surface area (Å²) in [5, 5.41) is 5.82. The fourth-order valence-electron chi connectivity index (χ4n) is 4.07. The molecular weight excluding hydrogens is 510 g/mol. The fraction of sp³-hybridized carbons (Fsp3) is 0.500. The average Bonchev–Trinajstić information content (AvgIpc) is 3.32. The van der Waals surface area contributed by atoms with Crippen LogP contribution in [0.3, 0.4) is 0 Å². The Bertz CT molecular complexity index is 1120. The van der Waals surface area contributed by atoms with E-state index in [2.05, 4.69) is 20.3 Å². The predicted molar refractivity (Wildman–Crippen MR) is 144 cm³/mol. The van der Waals surface area contributed by atoms with Crippen LogP contribution in [0.4, 0.5) is 10.6 Å². The number of nitrogens with zero attached hydrogens (tertiary/aromatic N) is 2. The van der Waals surface area contributed by atoms with Crippen LogP contribution in [0.5, 0.6) is 0 Å². The minimum absolute atomic E-state index is 0.00637. The standard InChI is InChI=1S/C26H37N5O6S/c1-3-4-14-38(34,35)30-20(2)29-25(32)19-36-23-15-22(16-28-24-12-8-9-13-27-24)31(17-23)26(33)37-18-21-10-6-5-7-11-21/h5-13,20,22-23,30H,3-4,14-19H2,1-2H3,(H,27,28)(H,29,32). The maximum atomic E-state index is 12.9. The van der Waals surface area contributed by atoms with Crippen molar-refractivity contribution in [3.63, 3.8) is 0 Å². The van der Waals surface area contributed by atoms with Crippen molar-refractivity contribution in [2.45, 2.75) is 58.0 Å². The lowest BCUT2D eigenvalue weighted by Crippen LogP contribution is -2.47. The normalized spacial score (nSPS) is 18.1. The third-order valence-corrected chi connectivity index (χ3v) is 7.49. The molecule has 1 aliphatic heterocycles. The number of ether oxygens (including phenoxy) is 2. The average molecular weight is 548 g/mol. The molecule has 1 saturated heterocycles. The van der Waals surface area contributed by atoms with Crippen LogP contribution in [0.2, 0.25) is 0 Å². The van der Waals surface area contributed by atoms with Crippen LogP contribution in [0.15, 0.2) is 54.7 Å². The fourth-order valence-corrected chi connectivity index (χ4v) is 5.46. The second kappa shape index (κ2) is 14.6. The van der Waals surface area contributed by atoms with E-state index in [-0.39, 0.29) is 31.6 Å². The minimum Gasteiger partial charge on any atom is -0.445 e. The van der Waals surface area contributed by atoms with Gasteiger partial charge in [0.25, 0.3) is 0 Å². The van der Waals surface area contributed by atoms with Gasteiger partial charge in [-0.1, -0.05) is 49.7 Å². The zero-order valence-corrected chi connectivity index (χ0v) is 22.7.